The van der Waals surface area contributed by atoms with Crippen molar-refractivity contribution < 1.29 is 14.3 Å². The number of ether oxygens (including phenoxy) is 1. The maximum atomic E-state index is 12.1. The Hall–Kier alpha value is -2.86. The summed E-state index contributed by atoms with van der Waals surface area (Å²) >= 11 is 0. The van der Waals surface area contributed by atoms with E-state index in [0.29, 0.717) is 18.0 Å². The third-order valence-corrected chi connectivity index (χ3v) is 4.10. The molecule has 0 aliphatic carbocycles. The number of anilines is 1. The quantitative estimate of drug-likeness (QED) is 0.632. The molecule has 0 bridgehead atoms. The van der Waals surface area contributed by atoms with Crippen LogP contribution in [0, 0.1) is 5.92 Å². The number of nitrogens with two attached hydrogens (primary N) is 1. The third kappa shape index (κ3) is 6.75. The van der Waals surface area contributed by atoms with Gasteiger partial charge in [-0.15, -0.1) is 0 Å². The Balaban J connectivity index is 1.85. The van der Waals surface area contributed by atoms with Gasteiger partial charge in [-0.2, -0.15) is 0 Å². The standard InChI is InChI=1S/C21H27N3O3/c1-15(2)20(22)21(26)23-14-19(25)24-17-10-6-7-11-18(17)27-13-12-16-8-4-3-5-9-16/h3-11,15,20H,12-14,22H2,1-2H3,(H,23,26)(H,24,25)/t20-/m0/s1. The van der Waals surface area contributed by atoms with Gasteiger partial charge < -0.3 is 21.1 Å². The zero-order valence-corrected chi connectivity index (χ0v) is 15.8. The molecule has 2 rings (SSSR count). The van der Waals surface area contributed by atoms with Crippen LogP contribution in [0.5, 0.6) is 5.75 Å². The molecule has 4 N–H and O–H groups in total. The van der Waals surface area contributed by atoms with Crippen molar-refractivity contribution in [3.05, 3.63) is 60.2 Å². The molecule has 0 aliphatic heterocycles. The van der Waals surface area contributed by atoms with Gasteiger partial charge in [-0.25, -0.2) is 0 Å². The van der Waals surface area contributed by atoms with Crippen molar-refractivity contribution in [2.45, 2.75) is 26.3 Å². The zero-order valence-electron chi connectivity index (χ0n) is 15.8. The van der Waals surface area contributed by atoms with Crippen molar-refractivity contribution in [2.24, 2.45) is 11.7 Å². The molecule has 0 saturated carbocycles. The second-order valence-electron chi connectivity index (χ2n) is 6.62. The van der Waals surface area contributed by atoms with Crippen molar-refractivity contribution in [3.8, 4) is 5.75 Å². The van der Waals surface area contributed by atoms with Crippen LogP contribution in [-0.4, -0.2) is 31.0 Å². The highest BCUT2D eigenvalue weighted by atomic mass is 16.5. The van der Waals surface area contributed by atoms with Gasteiger partial charge in [0.2, 0.25) is 11.8 Å². The number of nitrogens with one attached hydrogen (secondary N) is 2. The molecule has 27 heavy (non-hydrogen) atoms. The highest BCUT2D eigenvalue weighted by molar-refractivity contribution is 5.96. The summed E-state index contributed by atoms with van der Waals surface area (Å²) in [7, 11) is 0. The summed E-state index contributed by atoms with van der Waals surface area (Å²) in [6, 6.07) is 16.6. The second-order valence-corrected chi connectivity index (χ2v) is 6.62. The Morgan fingerprint density at radius 1 is 1.04 bits per heavy atom. The zero-order chi connectivity index (χ0) is 19.6. The van der Waals surface area contributed by atoms with Gasteiger partial charge in [0.25, 0.3) is 0 Å². The maximum Gasteiger partial charge on any atom is 0.243 e. The highest BCUT2D eigenvalue weighted by Crippen LogP contribution is 2.23. The molecule has 2 aromatic carbocycles. The largest absolute Gasteiger partial charge is 0.491 e. The predicted octanol–water partition coefficient (Wildman–Crippen LogP) is 2.35. The molecule has 0 aliphatic rings. The monoisotopic (exact) mass is 369 g/mol. The summed E-state index contributed by atoms with van der Waals surface area (Å²) in [5.41, 5.74) is 7.51. The van der Waals surface area contributed by atoms with Crippen LogP contribution in [0.15, 0.2) is 54.6 Å². The van der Waals surface area contributed by atoms with Crippen molar-refractivity contribution in [1.29, 1.82) is 0 Å². The molecule has 6 heteroatoms. The molecule has 0 radical (unpaired) electrons. The van der Waals surface area contributed by atoms with Gasteiger partial charge in [0.05, 0.1) is 24.9 Å². The molecule has 0 aromatic heterocycles. The van der Waals surface area contributed by atoms with Crippen molar-refractivity contribution >= 4 is 17.5 Å². The molecule has 144 valence electrons. The fraction of sp³-hybridized carbons (Fsp3) is 0.333. The first-order valence-corrected chi connectivity index (χ1v) is 9.06. The van der Waals surface area contributed by atoms with Gasteiger partial charge in [0.1, 0.15) is 5.75 Å². The van der Waals surface area contributed by atoms with Gasteiger partial charge in [-0.3, -0.25) is 9.59 Å². The minimum atomic E-state index is -0.633. The van der Waals surface area contributed by atoms with Gasteiger partial charge in [-0.1, -0.05) is 56.3 Å². The Morgan fingerprint density at radius 3 is 2.41 bits per heavy atom. The molecular weight excluding hydrogens is 342 g/mol. The Kier molecular flexibility index (Phi) is 7.82. The minimum Gasteiger partial charge on any atom is -0.491 e. The summed E-state index contributed by atoms with van der Waals surface area (Å²) in [5.74, 6) is -0.0789. The number of para-hydroxylation sites is 2. The van der Waals surface area contributed by atoms with E-state index < -0.39 is 6.04 Å². The van der Waals surface area contributed by atoms with Crippen LogP contribution >= 0.6 is 0 Å². The topological polar surface area (TPSA) is 93.5 Å². The smallest absolute Gasteiger partial charge is 0.243 e. The van der Waals surface area contributed by atoms with E-state index in [1.807, 2.05) is 56.3 Å². The lowest BCUT2D eigenvalue weighted by atomic mass is 10.1. The van der Waals surface area contributed by atoms with Gasteiger partial charge in [0.15, 0.2) is 0 Å². The van der Waals surface area contributed by atoms with E-state index in [1.54, 1.807) is 12.1 Å². The number of hydrogen-bond acceptors (Lipinski definition) is 4. The Bertz CT molecular complexity index is 747. The molecule has 0 heterocycles. The molecule has 0 fully saturated rings. The van der Waals surface area contributed by atoms with E-state index in [9.17, 15) is 9.59 Å². The van der Waals surface area contributed by atoms with Crippen LogP contribution in [0.1, 0.15) is 19.4 Å². The SMILES string of the molecule is CC(C)[C@H](N)C(=O)NCC(=O)Nc1ccccc1OCCc1ccccc1. The van der Waals surface area contributed by atoms with E-state index in [0.717, 1.165) is 6.42 Å². The van der Waals surface area contributed by atoms with Crippen molar-refractivity contribution in [3.63, 3.8) is 0 Å². The third-order valence-electron chi connectivity index (χ3n) is 4.10. The second kappa shape index (κ2) is 10.3. The van der Waals surface area contributed by atoms with Gasteiger partial charge in [0, 0.05) is 6.42 Å². The molecule has 0 spiro atoms. The van der Waals surface area contributed by atoms with E-state index in [-0.39, 0.29) is 24.3 Å². The molecular formula is C21H27N3O3. The molecule has 0 unspecified atom stereocenters. The number of carbonyl (C=O) groups excluding carboxylic acids is 2. The van der Waals surface area contributed by atoms with E-state index in [2.05, 4.69) is 10.6 Å². The van der Waals surface area contributed by atoms with E-state index in [4.69, 9.17) is 10.5 Å². The lowest BCUT2D eigenvalue weighted by molar-refractivity contribution is -0.125. The van der Waals surface area contributed by atoms with E-state index in [1.165, 1.54) is 5.56 Å². The van der Waals surface area contributed by atoms with Crippen LogP contribution in [0.3, 0.4) is 0 Å². The predicted molar refractivity (Wildman–Crippen MR) is 107 cm³/mol. The molecule has 2 amide bonds. The number of hydrogen-bond donors (Lipinski definition) is 3. The van der Waals surface area contributed by atoms with Crippen molar-refractivity contribution in [2.75, 3.05) is 18.5 Å². The van der Waals surface area contributed by atoms with Crippen LogP contribution in [0.4, 0.5) is 5.69 Å². The van der Waals surface area contributed by atoms with E-state index >= 15 is 0 Å². The van der Waals surface area contributed by atoms with Crippen LogP contribution in [0.25, 0.3) is 0 Å². The molecule has 0 saturated heterocycles. The first-order chi connectivity index (χ1) is 13.0. The number of benzene rings is 2. The Labute approximate surface area is 160 Å². The summed E-state index contributed by atoms with van der Waals surface area (Å²) in [6.07, 6.45) is 0.770. The van der Waals surface area contributed by atoms with Crippen molar-refractivity contribution in [1.82, 2.24) is 5.32 Å². The van der Waals surface area contributed by atoms with Gasteiger partial charge in [-0.05, 0) is 23.6 Å². The average molecular weight is 369 g/mol. The maximum absolute atomic E-state index is 12.1. The molecule has 6 nitrogen and oxygen atoms in total. The normalized spacial score (nSPS) is 11.7. The summed E-state index contributed by atoms with van der Waals surface area (Å²) < 4.78 is 5.82. The lowest BCUT2D eigenvalue weighted by Gasteiger charge is -2.16. The summed E-state index contributed by atoms with van der Waals surface area (Å²) in [5, 5.41) is 5.31. The Morgan fingerprint density at radius 2 is 1.70 bits per heavy atom. The number of rotatable bonds is 9. The highest BCUT2D eigenvalue weighted by Gasteiger charge is 2.17. The van der Waals surface area contributed by atoms with Crippen LogP contribution < -0.4 is 21.1 Å². The minimum absolute atomic E-state index is 0.00630. The lowest BCUT2D eigenvalue weighted by Crippen LogP contribution is -2.46. The van der Waals surface area contributed by atoms with Gasteiger partial charge >= 0.3 is 0 Å². The van der Waals surface area contributed by atoms with Crippen LogP contribution in [-0.2, 0) is 16.0 Å². The fourth-order valence-electron chi connectivity index (χ4n) is 2.40. The first kappa shape index (κ1) is 20.5. The van der Waals surface area contributed by atoms with Crippen LogP contribution in [0.2, 0.25) is 0 Å². The molecule has 2 aromatic rings. The summed E-state index contributed by atoms with van der Waals surface area (Å²) in [6.45, 7) is 4.06. The fourth-order valence-corrected chi connectivity index (χ4v) is 2.40. The first-order valence-electron chi connectivity index (χ1n) is 9.06. The number of carbonyl (C=O) groups is 2. The number of amides is 2. The average Bonchev–Trinajstić information content (AvgIpc) is 2.67. The summed E-state index contributed by atoms with van der Waals surface area (Å²) in [4.78, 5) is 24.0. The molecule has 1 atom stereocenters.